The second kappa shape index (κ2) is 19.9. The molecule has 0 atom stereocenters. The van der Waals surface area contributed by atoms with E-state index in [2.05, 4.69) is 16.0 Å². The Bertz CT molecular complexity index is 408. The number of rotatable bonds is 0. The summed E-state index contributed by atoms with van der Waals surface area (Å²) in [6.45, 7) is 8.25. The van der Waals surface area contributed by atoms with Gasteiger partial charge in [-0.2, -0.15) is 0 Å². The minimum absolute atomic E-state index is 1.38. The molecule has 0 spiro atoms. The van der Waals surface area contributed by atoms with Crippen LogP contribution in [0.5, 0.6) is 0 Å². The van der Waals surface area contributed by atoms with E-state index < -0.39 is 20.8 Å². The van der Waals surface area contributed by atoms with Gasteiger partial charge in [-0.3, -0.25) is 13.0 Å². The molecule has 11 nitrogen and oxygen atoms in total. The fourth-order valence-corrected chi connectivity index (χ4v) is 2.70. The van der Waals surface area contributed by atoms with Gasteiger partial charge in [-0.25, -0.2) is 8.42 Å². The Morgan fingerprint density at radius 3 is 0.679 bits per heavy atom. The molecule has 0 amide bonds. The van der Waals surface area contributed by atoms with Crippen LogP contribution in [0.2, 0.25) is 0 Å². The number of quaternary nitrogens is 3. The Morgan fingerprint density at radius 2 is 0.643 bits per heavy atom. The average Bonchev–Trinajstić information content (AvgIpc) is 2.64. The molecule has 0 aromatic heterocycles. The maximum atomic E-state index is 8.63. The van der Waals surface area contributed by atoms with Crippen LogP contribution in [0, 0.1) is 0 Å². The Kier molecular flexibility index (Phi) is 21.2. The van der Waals surface area contributed by atoms with Gasteiger partial charge in [0, 0.05) is 10.4 Å². The minimum atomic E-state index is -5.17. The molecule has 3 rings (SSSR count). The fourth-order valence-electron chi connectivity index (χ4n) is 2.70. The minimum Gasteiger partial charge on any atom is -0.759 e. The number of hydrogen-bond acceptors (Lipinski definition) is 7. The number of nitrogens with two attached hydrogens (primary N) is 3. The monoisotopic (exact) mass is 451 g/mol. The van der Waals surface area contributed by atoms with Crippen molar-refractivity contribution < 1.29 is 51.0 Å². The van der Waals surface area contributed by atoms with Crippen LogP contribution < -0.4 is 16.0 Å². The fraction of sp³-hybridized carbons (Fsp3) is 1.00. The van der Waals surface area contributed by atoms with Crippen molar-refractivity contribution in [3.8, 4) is 0 Å². The molecule has 3 heterocycles. The van der Waals surface area contributed by atoms with Crippen molar-refractivity contribution in [3.05, 3.63) is 0 Å². The first kappa shape index (κ1) is 29.8. The highest BCUT2D eigenvalue weighted by Gasteiger charge is 1.98. The van der Waals surface area contributed by atoms with Crippen molar-refractivity contribution in [1.82, 2.24) is 0 Å². The van der Waals surface area contributed by atoms with Crippen LogP contribution in [-0.4, -0.2) is 74.3 Å². The van der Waals surface area contributed by atoms with Crippen LogP contribution in [0.25, 0.3) is 0 Å². The zero-order valence-corrected chi connectivity index (χ0v) is 18.1. The third-order valence-electron chi connectivity index (χ3n) is 3.95. The number of piperidine rings is 3. The van der Waals surface area contributed by atoms with E-state index in [9.17, 15) is 0 Å². The molecule has 0 aromatic rings. The average molecular weight is 452 g/mol. The molecule has 0 bridgehead atoms. The normalized spacial score (nSPS) is 19.6. The lowest BCUT2D eigenvalue weighted by Crippen LogP contribution is -2.85. The largest absolute Gasteiger partial charge is 0.759 e. The Balaban J connectivity index is 0. The van der Waals surface area contributed by atoms with Crippen LogP contribution in [0.4, 0.5) is 0 Å². The summed E-state index contributed by atoms with van der Waals surface area (Å²) in [5.41, 5.74) is 0. The Morgan fingerprint density at radius 1 is 0.500 bits per heavy atom. The van der Waals surface area contributed by atoms with Gasteiger partial charge in [0.25, 0.3) is 0 Å². The molecule has 0 radical (unpaired) electrons. The molecule has 0 aliphatic carbocycles. The van der Waals surface area contributed by atoms with Gasteiger partial charge in [-0.15, -0.1) is 0 Å². The molecular weight excluding hydrogens is 414 g/mol. The van der Waals surface area contributed by atoms with E-state index in [1.165, 1.54) is 97.1 Å². The summed E-state index contributed by atoms with van der Waals surface area (Å²) < 4.78 is 66.9. The van der Waals surface area contributed by atoms with Gasteiger partial charge in [-0.05, 0) is 57.8 Å². The van der Waals surface area contributed by atoms with Crippen LogP contribution >= 0.6 is 0 Å². The quantitative estimate of drug-likeness (QED) is 0.218. The SMILES string of the molecule is C1CC[NH2+]CC1.C1CC[NH2+]CC1.C1CC[NH2+]CC1.O=S(=O)([O-])O.O=S(=O)([O-])[O-]. The summed E-state index contributed by atoms with van der Waals surface area (Å²) in [7, 11) is -10.1. The summed E-state index contributed by atoms with van der Waals surface area (Å²) in [6.07, 6.45) is 13.1. The first-order chi connectivity index (χ1) is 13.0. The van der Waals surface area contributed by atoms with Crippen molar-refractivity contribution in [2.75, 3.05) is 39.3 Å². The van der Waals surface area contributed by atoms with Crippen LogP contribution in [0.3, 0.4) is 0 Å². The molecule has 7 N–H and O–H groups in total. The third kappa shape index (κ3) is 50.0. The van der Waals surface area contributed by atoms with Gasteiger partial charge in [0.05, 0.1) is 39.3 Å². The molecule has 3 aliphatic rings. The highest BCUT2D eigenvalue weighted by molar-refractivity contribution is 7.80. The van der Waals surface area contributed by atoms with Crippen molar-refractivity contribution in [3.63, 3.8) is 0 Å². The topological polar surface area (TPSA) is 208 Å². The molecular formula is C15H37N3O8S2. The van der Waals surface area contributed by atoms with Gasteiger partial charge in [-0.1, -0.05) is 0 Å². The van der Waals surface area contributed by atoms with E-state index in [0.29, 0.717) is 0 Å². The van der Waals surface area contributed by atoms with E-state index in [4.69, 9.17) is 35.0 Å². The first-order valence-corrected chi connectivity index (χ1v) is 12.5. The molecule has 0 aromatic carbocycles. The van der Waals surface area contributed by atoms with Gasteiger partial charge < -0.3 is 29.6 Å². The first-order valence-electron chi connectivity index (χ1n) is 9.80. The maximum Gasteiger partial charge on any atom is 0.215 e. The van der Waals surface area contributed by atoms with E-state index in [0.717, 1.165) is 0 Å². The summed E-state index contributed by atoms with van der Waals surface area (Å²) >= 11 is 0. The Labute approximate surface area is 169 Å². The molecule has 3 fully saturated rings. The lowest BCUT2D eigenvalue weighted by atomic mass is 10.2. The van der Waals surface area contributed by atoms with Crippen molar-refractivity contribution in [1.29, 1.82) is 0 Å². The van der Waals surface area contributed by atoms with Crippen molar-refractivity contribution in [2.45, 2.75) is 57.8 Å². The summed E-state index contributed by atoms with van der Waals surface area (Å²) in [5, 5.41) is 7.18. The van der Waals surface area contributed by atoms with Crippen LogP contribution in [-0.2, 0) is 20.8 Å². The zero-order valence-electron chi connectivity index (χ0n) is 16.5. The Hall–Kier alpha value is -0.380. The van der Waals surface area contributed by atoms with Gasteiger partial charge >= 0.3 is 0 Å². The van der Waals surface area contributed by atoms with E-state index in [1.807, 2.05) is 0 Å². The lowest BCUT2D eigenvalue weighted by Gasteiger charge is -2.06. The van der Waals surface area contributed by atoms with Crippen LogP contribution in [0.15, 0.2) is 0 Å². The smallest absolute Gasteiger partial charge is 0.215 e. The summed E-state index contributed by atoms with van der Waals surface area (Å²) in [4.78, 5) is 0. The van der Waals surface area contributed by atoms with Gasteiger partial charge in [0.2, 0.25) is 10.4 Å². The predicted molar refractivity (Wildman–Crippen MR) is 99.3 cm³/mol. The molecule has 3 saturated heterocycles. The molecule has 28 heavy (non-hydrogen) atoms. The summed E-state index contributed by atoms with van der Waals surface area (Å²) in [5.74, 6) is 0. The molecule has 0 saturated carbocycles. The second-order valence-electron chi connectivity index (χ2n) is 6.62. The highest BCUT2D eigenvalue weighted by Crippen LogP contribution is 1.92. The van der Waals surface area contributed by atoms with Gasteiger partial charge in [0.15, 0.2) is 0 Å². The molecule has 0 unspecified atom stereocenters. The van der Waals surface area contributed by atoms with Gasteiger partial charge in [0.1, 0.15) is 0 Å². The highest BCUT2D eigenvalue weighted by atomic mass is 32.3. The predicted octanol–water partition coefficient (Wildman–Crippen LogP) is -3.13. The molecule has 3 aliphatic heterocycles. The zero-order chi connectivity index (χ0) is 21.7. The standard InChI is InChI=1S/3C5H11N.2H2O4S/c3*1-2-4-6-5-3-1;2*1-5(2,3)4/h3*6H,1-5H2;2*(H2,1,2,3,4). The van der Waals surface area contributed by atoms with E-state index in [-0.39, 0.29) is 0 Å². The van der Waals surface area contributed by atoms with Crippen molar-refractivity contribution >= 4 is 20.8 Å². The molecule has 172 valence electrons. The third-order valence-corrected chi connectivity index (χ3v) is 3.95. The maximum absolute atomic E-state index is 8.63. The lowest BCUT2D eigenvalue weighted by molar-refractivity contribution is -0.662. The van der Waals surface area contributed by atoms with Crippen molar-refractivity contribution in [2.24, 2.45) is 0 Å². The summed E-state index contributed by atoms with van der Waals surface area (Å²) in [6, 6.07) is 0. The van der Waals surface area contributed by atoms with E-state index in [1.54, 1.807) is 0 Å². The second-order valence-corrected chi connectivity index (χ2v) is 8.29. The van der Waals surface area contributed by atoms with Crippen LogP contribution in [0.1, 0.15) is 57.8 Å². The van der Waals surface area contributed by atoms with E-state index >= 15 is 0 Å². The number of hydrogen-bond donors (Lipinski definition) is 4. The molecule has 13 heteroatoms.